The quantitative estimate of drug-likeness (QED) is 0.673. The molecule has 146 valence electrons. The molecule has 0 unspecified atom stereocenters. The third kappa shape index (κ3) is 5.62. The van der Waals surface area contributed by atoms with Crippen molar-refractivity contribution in [3.05, 3.63) is 54.1 Å². The van der Waals surface area contributed by atoms with Crippen molar-refractivity contribution < 1.29 is 17.9 Å². The number of sulfonamides is 1. The van der Waals surface area contributed by atoms with Gasteiger partial charge in [0, 0.05) is 44.1 Å². The molecular weight excluding hydrogens is 368 g/mol. The van der Waals surface area contributed by atoms with Crippen LogP contribution in [-0.2, 0) is 27.1 Å². The summed E-state index contributed by atoms with van der Waals surface area (Å²) in [5, 5.41) is 2.87. The van der Waals surface area contributed by atoms with Crippen molar-refractivity contribution in [3.63, 3.8) is 0 Å². The molecule has 0 atom stereocenters. The largest absolute Gasteiger partial charge is 0.379 e. The van der Waals surface area contributed by atoms with Gasteiger partial charge in [-0.25, -0.2) is 13.4 Å². The van der Waals surface area contributed by atoms with Gasteiger partial charge in [0.25, 0.3) is 5.91 Å². The normalized spacial score (nSPS) is 15.6. The fraction of sp³-hybridized carbons (Fsp3) is 0.444. The van der Waals surface area contributed by atoms with Crippen molar-refractivity contribution in [1.82, 2.24) is 19.2 Å². The second-order valence-corrected chi connectivity index (χ2v) is 8.34. The van der Waals surface area contributed by atoms with Crippen LogP contribution in [0.4, 0.5) is 0 Å². The lowest BCUT2D eigenvalue weighted by Gasteiger charge is -2.26. The van der Waals surface area contributed by atoms with E-state index < -0.39 is 10.0 Å². The van der Waals surface area contributed by atoms with Crippen molar-refractivity contribution in [2.75, 3.05) is 32.8 Å². The third-order valence-corrected chi connectivity index (χ3v) is 6.22. The number of imidazole rings is 1. The van der Waals surface area contributed by atoms with Crippen LogP contribution in [0.15, 0.2) is 43.0 Å². The van der Waals surface area contributed by atoms with Crippen LogP contribution < -0.4 is 5.32 Å². The first-order valence-electron chi connectivity index (χ1n) is 8.93. The predicted molar refractivity (Wildman–Crippen MR) is 101 cm³/mol. The lowest BCUT2D eigenvalue weighted by molar-refractivity contribution is 0.0729. The van der Waals surface area contributed by atoms with Crippen LogP contribution in [0.25, 0.3) is 0 Å². The fourth-order valence-electron chi connectivity index (χ4n) is 2.86. The van der Waals surface area contributed by atoms with Gasteiger partial charge in [0.05, 0.1) is 25.3 Å². The number of carbonyl (C=O) groups excluding carboxylic acids is 1. The molecule has 1 aliphatic heterocycles. The van der Waals surface area contributed by atoms with Crippen molar-refractivity contribution in [2.45, 2.75) is 18.7 Å². The van der Waals surface area contributed by atoms with Crippen LogP contribution >= 0.6 is 0 Å². The number of aromatic nitrogens is 2. The summed E-state index contributed by atoms with van der Waals surface area (Å²) in [7, 11) is -3.36. The van der Waals surface area contributed by atoms with Crippen LogP contribution in [0.2, 0.25) is 0 Å². The number of rotatable bonds is 8. The number of hydrogen-bond donors (Lipinski definition) is 1. The summed E-state index contributed by atoms with van der Waals surface area (Å²) in [5.41, 5.74) is 1.18. The number of amides is 1. The summed E-state index contributed by atoms with van der Waals surface area (Å²) >= 11 is 0. The van der Waals surface area contributed by atoms with E-state index in [0.29, 0.717) is 44.0 Å². The molecule has 1 amide bonds. The second kappa shape index (κ2) is 9.12. The lowest BCUT2D eigenvalue weighted by atomic mass is 10.1. The van der Waals surface area contributed by atoms with E-state index in [1.165, 1.54) is 4.31 Å². The molecule has 8 nitrogen and oxygen atoms in total. The molecule has 3 rings (SSSR count). The zero-order chi connectivity index (χ0) is 19.1. The van der Waals surface area contributed by atoms with E-state index in [1.807, 2.05) is 10.8 Å². The van der Waals surface area contributed by atoms with Gasteiger partial charge < -0.3 is 14.6 Å². The Balaban J connectivity index is 1.48. The van der Waals surface area contributed by atoms with E-state index in [1.54, 1.807) is 36.8 Å². The molecule has 1 aromatic heterocycles. The molecule has 27 heavy (non-hydrogen) atoms. The first kappa shape index (κ1) is 19.5. The Bertz CT molecular complexity index is 829. The van der Waals surface area contributed by atoms with Gasteiger partial charge in [-0.05, 0) is 24.1 Å². The molecule has 1 aromatic carbocycles. The summed E-state index contributed by atoms with van der Waals surface area (Å²) in [5.74, 6) is -0.233. The molecule has 2 heterocycles. The zero-order valence-corrected chi connectivity index (χ0v) is 15.9. The zero-order valence-electron chi connectivity index (χ0n) is 15.1. The number of hydrogen-bond acceptors (Lipinski definition) is 5. The summed E-state index contributed by atoms with van der Waals surface area (Å²) < 4.78 is 33.5. The number of nitrogens with zero attached hydrogens (tertiary/aromatic N) is 3. The molecule has 1 fully saturated rings. The van der Waals surface area contributed by atoms with Crippen LogP contribution in [0.3, 0.4) is 0 Å². The Labute approximate surface area is 159 Å². The Hall–Kier alpha value is -2.23. The second-order valence-electron chi connectivity index (χ2n) is 6.37. The molecule has 1 N–H and O–H groups in total. The first-order chi connectivity index (χ1) is 13.0. The van der Waals surface area contributed by atoms with E-state index >= 15 is 0 Å². The monoisotopic (exact) mass is 392 g/mol. The molecule has 0 radical (unpaired) electrons. The van der Waals surface area contributed by atoms with Crippen molar-refractivity contribution in [1.29, 1.82) is 0 Å². The Morgan fingerprint density at radius 3 is 2.59 bits per heavy atom. The Morgan fingerprint density at radius 1 is 1.19 bits per heavy atom. The third-order valence-electron chi connectivity index (χ3n) is 4.37. The Kier molecular flexibility index (Phi) is 6.59. The van der Waals surface area contributed by atoms with Gasteiger partial charge in [0.1, 0.15) is 0 Å². The molecule has 0 saturated carbocycles. The van der Waals surface area contributed by atoms with Crippen LogP contribution in [-0.4, -0.2) is 61.0 Å². The van der Waals surface area contributed by atoms with Gasteiger partial charge in [-0.1, -0.05) is 12.1 Å². The van der Waals surface area contributed by atoms with E-state index in [-0.39, 0.29) is 11.7 Å². The summed E-state index contributed by atoms with van der Waals surface area (Å²) in [4.78, 5) is 16.1. The highest BCUT2D eigenvalue weighted by atomic mass is 32.2. The number of ether oxygens (including phenoxy) is 1. The lowest BCUT2D eigenvalue weighted by Crippen LogP contribution is -2.41. The maximum absolute atomic E-state index is 12.4. The highest BCUT2D eigenvalue weighted by Crippen LogP contribution is 2.13. The Morgan fingerprint density at radius 2 is 1.93 bits per heavy atom. The average molecular weight is 392 g/mol. The van der Waals surface area contributed by atoms with E-state index in [4.69, 9.17) is 4.74 Å². The number of benzene rings is 1. The van der Waals surface area contributed by atoms with Crippen molar-refractivity contribution >= 4 is 15.9 Å². The number of aryl methyl sites for hydroxylation is 1. The summed E-state index contributed by atoms with van der Waals surface area (Å²) in [6.07, 6.45) is 6.15. The van der Waals surface area contributed by atoms with Gasteiger partial charge in [-0.2, -0.15) is 4.31 Å². The van der Waals surface area contributed by atoms with Crippen LogP contribution in [0, 0.1) is 0 Å². The van der Waals surface area contributed by atoms with Gasteiger partial charge in [0.15, 0.2) is 0 Å². The molecule has 0 spiro atoms. The standard InChI is InChI=1S/C18H24N4O4S/c23-18(20-6-1-8-21-9-7-19-15-21)17-4-2-16(3-5-17)14-27(24,25)22-10-12-26-13-11-22/h2-5,7,9,15H,1,6,8,10-14H2,(H,20,23). The molecule has 2 aromatic rings. The highest BCUT2D eigenvalue weighted by molar-refractivity contribution is 7.88. The maximum atomic E-state index is 12.4. The predicted octanol–water partition coefficient (Wildman–Crippen LogP) is 0.865. The van der Waals surface area contributed by atoms with Gasteiger partial charge in [-0.3, -0.25) is 4.79 Å². The first-order valence-corrected chi connectivity index (χ1v) is 10.5. The highest BCUT2D eigenvalue weighted by Gasteiger charge is 2.24. The molecule has 9 heteroatoms. The number of morpholine rings is 1. The smallest absolute Gasteiger partial charge is 0.251 e. The summed E-state index contributed by atoms with van der Waals surface area (Å²) in [6, 6.07) is 6.71. The maximum Gasteiger partial charge on any atom is 0.251 e. The van der Waals surface area contributed by atoms with Crippen LogP contribution in [0.1, 0.15) is 22.3 Å². The van der Waals surface area contributed by atoms with E-state index in [0.717, 1.165) is 13.0 Å². The minimum atomic E-state index is -3.36. The van der Waals surface area contributed by atoms with Crippen molar-refractivity contribution in [2.24, 2.45) is 0 Å². The van der Waals surface area contributed by atoms with Gasteiger partial charge >= 0.3 is 0 Å². The topological polar surface area (TPSA) is 93.5 Å². The minimum Gasteiger partial charge on any atom is -0.379 e. The number of carbonyl (C=O) groups is 1. The number of nitrogens with one attached hydrogen (secondary N) is 1. The van der Waals surface area contributed by atoms with Gasteiger partial charge in [0.2, 0.25) is 10.0 Å². The van der Waals surface area contributed by atoms with E-state index in [9.17, 15) is 13.2 Å². The van der Waals surface area contributed by atoms with Gasteiger partial charge in [-0.15, -0.1) is 0 Å². The fourth-order valence-corrected chi connectivity index (χ4v) is 4.37. The molecule has 0 bridgehead atoms. The van der Waals surface area contributed by atoms with Crippen LogP contribution in [0.5, 0.6) is 0 Å². The van der Waals surface area contributed by atoms with Crippen molar-refractivity contribution in [3.8, 4) is 0 Å². The molecular formula is C18H24N4O4S. The molecule has 0 aliphatic carbocycles. The minimum absolute atomic E-state index is 0.0696. The molecule has 1 saturated heterocycles. The average Bonchev–Trinajstić information content (AvgIpc) is 3.20. The molecule has 1 aliphatic rings. The summed E-state index contributed by atoms with van der Waals surface area (Å²) in [6.45, 7) is 2.99. The SMILES string of the molecule is O=C(NCCCn1ccnc1)c1ccc(CS(=O)(=O)N2CCOCC2)cc1. The van der Waals surface area contributed by atoms with E-state index in [2.05, 4.69) is 10.3 Å².